The second-order valence-electron chi connectivity index (χ2n) is 7.07. The van der Waals surface area contributed by atoms with E-state index < -0.39 is 5.60 Å². The van der Waals surface area contributed by atoms with Gasteiger partial charge in [0.05, 0.1) is 6.54 Å². The van der Waals surface area contributed by atoms with E-state index in [4.69, 9.17) is 4.74 Å². The second-order valence-corrected chi connectivity index (χ2v) is 7.07. The van der Waals surface area contributed by atoms with Gasteiger partial charge in [0.1, 0.15) is 17.8 Å². The van der Waals surface area contributed by atoms with Crippen LogP contribution in [0.4, 0.5) is 4.79 Å². The van der Waals surface area contributed by atoms with Crippen LogP contribution < -0.4 is 10.6 Å². The van der Waals surface area contributed by atoms with Crippen molar-refractivity contribution in [1.82, 2.24) is 30.3 Å². The van der Waals surface area contributed by atoms with Crippen molar-refractivity contribution < 1.29 is 9.53 Å². The highest BCUT2D eigenvalue weighted by Gasteiger charge is 2.20. The first-order valence-corrected chi connectivity index (χ1v) is 8.34. The van der Waals surface area contributed by atoms with Gasteiger partial charge >= 0.3 is 6.09 Å². The van der Waals surface area contributed by atoms with Crippen molar-refractivity contribution in [3.63, 3.8) is 0 Å². The number of aromatic nitrogens is 3. The normalized spacial score (nSPS) is 12.8. The first-order valence-electron chi connectivity index (χ1n) is 8.34. The van der Waals surface area contributed by atoms with Gasteiger partial charge in [-0.15, -0.1) is 24.0 Å². The van der Waals surface area contributed by atoms with Crippen LogP contribution in [0.2, 0.25) is 0 Å². The minimum Gasteiger partial charge on any atom is -0.444 e. The maximum absolute atomic E-state index is 12.0. The molecule has 0 saturated heterocycles. The summed E-state index contributed by atoms with van der Waals surface area (Å²) in [7, 11) is 5.30. The third-order valence-corrected chi connectivity index (χ3v) is 3.35. The van der Waals surface area contributed by atoms with Crippen LogP contribution in [0.1, 0.15) is 33.5 Å². The smallest absolute Gasteiger partial charge is 0.410 e. The van der Waals surface area contributed by atoms with Crippen molar-refractivity contribution in [2.24, 2.45) is 18.0 Å². The molecule has 26 heavy (non-hydrogen) atoms. The molecular formula is C16H32IN7O2. The summed E-state index contributed by atoms with van der Waals surface area (Å²) in [6, 6.07) is 0. The van der Waals surface area contributed by atoms with Gasteiger partial charge in [-0.05, 0) is 26.7 Å². The van der Waals surface area contributed by atoms with E-state index in [0.29, 0.717) is 25.6 Å². The molecule has 10 heteroatoms. The van der Waals surface area contributed by atoms with E-state index in [9.17, 15) is 4.79 Å². The summed E-state index contributed by atoms with van der Waals surface area (Å²) in [4.78, 5) is 21.9. The zero-order valence-corrected chi connectivity index (χ0v) is 19.1. The van der Waals surface area contributed by atoms with Crippen LogP contribution in [0.25, 0.3) is 0 Å². The van der Waals surface area contributed by atoms with Crippen molar-refractivity contribution in [2.75, 3.05) is 27.2 Å². The van der Waals surface area contributed by atoms with Crippen LogP contribution in [-0.4, -0.2) is 64.5 Å². The molecule has 1 rings (SSSR count). The van der Waals surface area contributed by atoms with Crippen LogP contribution >= 0.6 is 24.0 Å². The molecule has 1 atom stereocenters. The van der Waals surface area contributed by atoms with Gasteiger partial charge in [0.15, 0.2) is 5.96 Å². The maximum atomic E-state index is 12.0. The zero-order chi connectivity index (χ0) is 19.0. The molecule has 0 spiro atoms. The third-order valence-electron chi connectivity index (χ3n) is 3.35. The topological polar surface area (TPSA) is 96.7 Å². The number of nitrogens with one attached hydrogen (secondary N) is 2. The molecule has 0 aromatic carbocycles. The number of nitrogens with zero attached hydrogens (tertiary/aromatic N) is 5. The highest BCUT2D eigenvalue weighted by molar-refractivity contribution is 14.0. The Balaban J connectivity index is 0.00000625. The lowest BCUT2D eigenvalue weighted by Crippen LogP contribution is -2.42. The summed E-state index contributed by atoms with van der Waals surface area (Å²) in [5.74, 6) is 1.72. The van der Waals surface area contributed by atoms with Crippen LogP contribution in [0, 0.1) is 5.92 Å². The monoisotopic (exact) mass is 481 g/mol. The lowest BCUT2D eigenvalue weighted by atomic mass is 10.1. The van der Waals surface area contributed by atoms with E-state index in [-0.39, 0.29) is 36.0 Å². The Bertz CT molecular complexity index is 583. The standard InChI is InChI=1S/C16H31N7O2.HI/c1-12(10-22(6)15(24)25-16(2,3)4)8-18-14(17-5)19-9-13-20-11-21-23(13)7;/h11-12H,8-10H2,1-7H3,(H2,17,18,19);1H. The fourth-order valence-corrected chi connectivity index (χ4v) is 2.08. The first-order chi connectivity index (χ1) is 11.6. The molecule has 0 saturated carbocycles. The number of aryl methyl sites for hydroxylation is 1. The number of rotatable bonds is 6. The van der Waals surface area contributed by atoms with Crippen molar-refractivity contribution >= 4 is 36.0 Å². The van der Waals surface area contributed by atoms with Crippen LogP contribution in [0.3, 0.4) is 0 Å². The predicted octanol–water partition coefficient (Wildman–Crippen LogP) is 1.60. The fourth-order valence-electron chi connectivity index (χ4n) is 2.08. The van der Waals surface area contributed by atoms with E-state index in [0.717, 1.165) is 5.82 Å². The number of ether oxygens (including phenoxy) is 1. The first kappa shape index (κ1) is 24.4. The minimum absolute atomic E-state index is 0. The molecule has 1 amide bonds. The highest BCUT2D eigenvalue weighted by atomic mass is 127. The molecule has 0 bridgehead atoms. The SMILES string of the molecule is CN=C(NCc1ncnn1C)NCC(C)CN(C)C(=O)OC(C)(C)C.I. The molecule has 0 radical (unpaired) electrons. The van der Waals surface area contributed by atoms with E-state index in [1.807, 2.05) is 27.8 Å². The molecule has 0 fully saturated rings. The summed E-state index contributed by atoms with van der Waals surface area (Å²) in [5.41, 5.74) is -0.487. The van der Waals surface area contributed by atoms with Gasteiger partial charge in [0.2, 0.25) is 0 Å². The number of hydrogen-bond donors (Lipinski definition) is 2. The van der Waals surface area contributed by atoms with Gasteiger partial charge < -0.3 is 20.3 Å². The Morgan fingerprint density at radius 2 is 2.08 bits per heavy atom. The molecule has 2 N–H and O–H groups in total. The summed E-state index contributed by atoms with van der Waals surface area (Å²) in [6.45, 7) is 9.42. The minimum atomic E-state index is -0.487. The van der Waals surface area contributed by atoms with E-state index >= 15 is 0 Å². The van der Waals surface area contributed by atoms with Gasteiger partial charge in [0, 0.05) is 34.2 Å². The van der Waals surface area contributed by atoms with Crippen molar-refractivity contribution in [1.29, 1.82) is 0 Å². The average Bonchev–Trinajstić information content (AvgIpc) is 2.91. The Morgan fingerprint density at radius 1 is 1.42 bits per heavy atom. The number of carbonyl (C=O) groups is 1. The maximum Gasteiger partial charge on any atom is 0.410 e. The highest BCUT2D eigenvalue weighted by Crippen LogP contribution is 2.10. The second kappa shape index (κ2) is 11.2. The van der Waals surface area contributed by atoms with Gasteiger partial charge in [-0.2, -0.15) is 5.10 Å². The molecule has 1 aromatic heterocycles. The third kappa shape index (κ3) is 9.20. The Hall–Kier alpha value is -1.59. The Labute approximate surface area is 173 Å². The van der Waals surface area contributed by atoms with Crippen LogP contribution in [0.5, 0.6) is 0 Å². The van der Waals surface area contributed by atoms with Crippen LogP contribution in [-0.2, 0) is 18.3 Å². The molecule has 150 valence electrons. The van der Waals surface area contributed by atoms with E-state index in [2.05, 4.69) is 32.6 Å². The van der Waals surface area contributed by atoms with Gasteiger partial charge in [0.25, 0.3) is 0 Å². The van der Waals surface area contributed by atoms with E-state index in [1.165, 1.54) is 6.33 Å². The van der Waals surface area contributed by atoms with Crippen molar-refractivity contribution in [2.45, 2.75) is 39.8 Å². The zero-order valence-electron chi connectivity index (χ0n) is 16.7. The lowest BCUT2D eigenvalue weighted by Gasteiger charge is -2.26. The fraction of sp³-hybridized carbons (Fsp3) is 0.750. The molecule has 1 heterocycles. The quantitative estimate of drug-likeness (QED) is 0.364. The van der Waals surface area contributed by atoms with E-state index in [1.54, 1.807) is 23.7 Å². The number of amides is 1. The lowest BCUT2D eigenvalue weighted by molar-refractivity contribution is 0.0278. The van der Waals surface area contributed by atoms with Crippen LogP contribution in [0.15, 0.2) is 11.3 Å². The predicted molar refractivity (Wildman–Crippen MR) is 113 cm³/mol. The summed E-state index contributed by atoms with van der Waals surface area (Å²) in [5, 5.41) is 10.5. The van der Waals surface area contributed by atoms with Crippen molar-refractivity contribution in [3.05, 3.63) is 12.2 Å². The molecular weight excluding hydrogens is 449 g/mol. The molecule has 1 unspecified atom stereocenters. The van der Waals surface area contributed by atoms with Crippen molar-refractivity contribution in [3.8, 4) is 0 Å². The molecule has 0 aliphatic carbocycles. The van der Waals surface area contributed by atoms with Gasteiger partial charge in [-0.1, -0.05) is 6.92 Å². The average molecular weight is 481 g/mol. The number of carbonyl (C=O) groups excluding carboxylic acids is 1. The number of hydrogen-bond acceptors (Lipinski definition) is 5. The Morgan fingerprint density at radius 3 is 2.58 bits per heavy atom. The van der Waals surface area contributed by atoms with Gasteiger partial charge in [-0.3, -0.25) is 9.67 Å². The summed E-state index contributed by atoms with van der Waals surface area (Å²) >= 11 is 0. The number of aliphatic imine (C=N–C) groups is 1. The Kier molecular flexibility index (Phi) is 10.5. The summed E-state index contributed by atoms with van der Waals surface area (Å²) in [6.07, 6.45) is 1.20. The molecule has 0 aliphatic heterocycles. The molecule has 9 nitrogen and oxygen atoms in total. The largest absolute Gasteiger partial charge is 0.444 e. The molecule has 1 aromatic rings. The molecule has 0 aliphatic rings. The number of halogens is 1. The summed E-state index contributed by atoms with van der Waals surface area (Å²) < 4.78 is 7.06. The number of guanidine groups is 1. The van der Waals surface area contributed by atoms with Gasteiger partial charge in [-0.25, -0.2) is 9.78 Å².